The van der Waals surface area contributed by atoms with Crippen molar-refractivity contribution >= 4 is 6.79 Å². The van der Waals surface area contributed by atoms with Crippen LogP contribution in [0, 0.1) is 0 Å². The summed E-state index contributed by atoms with van der Waals surface area (Å²) in [5, 5.41) is 0. The van der Waals surface area contributed by atoms with E-state index in [1.807, 2.05) is 32.8 Å². The predicted octanol–water partition coefficient (Wildman–Crippen LogP) is 5.34. The average molecular weight is 384 g/mol. The fourth-order valence-corrected chi connectivity index (χ4v) is 2.85. The van der Waals surface area contributed by atoms with Crippen LogP contribution in [0.4, 0.5) is 0 Å². The molecule has 0 saturated carbocycles. The maximum Gasteiger partial charge on any atom is 0.203 e. The van der Waals surface area contributed by atoms with E-state index in [4.69, 9.17) is 19.0 Å². The van der Waals surface area contributed by atoms with Gasteiger partial charge >= 0.3 is 0 Å². The summed E-state index contributed by atoms with van der Waals surface area (Å²) in [6.07, 6.45) is 5.16. The number of benzene rings is 1. The van der Waals surface area contributed by atoms with Crippen LogP contribution in [0.2, 0.25) is 0 Å². The predicted molar refractivity (Wildman–Crippen MR) is 114 cm³/mol. The van der Waals surface area contributed by atoms with Gasteiger partial charge in [0, 0.05) is 12.6 Å². The van der Waals surface area contributed by atoms with Gasteiger partial charge in [-0.2, -0.15) is 0 Å². The third-order valence-electron chi connectivity index (χ3n) is 4.05. The number of carbonyl (C=O) groups is 1. The van der Waals surface area contributed by atoms with Gasteiger partial charge in [0.2, 0.25) is 5.75 Å². The Morgan fingerprint density at radius 1 is 1.00 bits per heavy atom. The van der Waals surface area contributed by atoms with E-state index in [9.17, 15) is 0 Å². The Hall–Kier alpha value is -1.75. The lowest BCUT2D eigenvalue weighted by atomic mass is 10.0. The van der Waals surface area contributed by atoms with Gasteiger partial charge in [-0.1, -0.05) is 40.5 Å². The zero-order valence-corrected chi connectivity index (χ0v) is 18.8. The molecule has 0 aliphatic carbocycles. The number of nitrogens with zero attached hydrogens (tertiary/aromatic N) is 1. The Labute approximate surface area is 167 Å². The molecule has 0 N–H and O–H groups in total. The minimum Gasteiger partial charge on any atom is -0.493 e. The van der Waals surface area contributed by atoms with Crippen molar-refractivity contribution in [2.75, 3.05) is 27.9 Å². The summed E-state index contributed by atoms with van der Waals surface area (Å²) in [6, 6.07) is 4.73. The molecule has 1 aromatic carbocycles. The molecule has 158 valence electrons. The number of ether oxygens (including phenoxy) is 3. The van der Waals surface area contributed by atoms with E-state index in [0.717, 1.165) is 24.6 Å². The van der Waals surface area contributed by atoms with Crippen LogP contribution in [-0.4, -0.2) is 45.6 Å². The van der Waals surface area contributed by atoms with Crippen molar-refractivity contribution in [1.29, 1.82) is 0 Å². The third-order valence-corrected chi connectivity index (χ3v) is 4.05. The molecule has 1 atom stereocenters. The monoisotopic (exact) mass is 383 g/mol. The molecule has 1 heterocycles. The third kappa shape index (κ3) is 9.66. The number of piperidine rings is 1. The van der Waals surface area contributed by atoms with Crippen molar-refractivity contribution < 1.29 is 19.0 Å². The van der Waals surface area contributed by atoms with Gasteiger partial charge in [0.1, 0.15) is 6.79 Å². The molecule has 1 aliphatic heterocycles. The summed E-state index contributed by atoms with van der Waals surface area (Å²) in [5.41, 5.74) is 1.20. The number of hydrogen-bond acceptors (Lipinski definition) is 5. The lowest BCUT2D eigenvalue weighted by Crippen LogP contribution is -2.36. The van der Waals surface area contributed by atoms with Crippen LogP contribution in [-0.2, 0) is 11.3 Å². The molecule has 0 amide bonds. The first-order valence-corrected chi connectivity index (χ1v) is 9.92. The second-order valence-electron chi connectivity index (χ2n) is 6.06. The Morgan fingerprint density at radius 2 is 1.48 bits per heavy atom. The van der Waals surface area contributed by atoms with Gasteiger partial charge in [-0.25, -0.2) is 0 Å². The van der Waals surface area contributed by atoms with Crippen LogP contribution < -0.4 is 14.2 Å². The number of rotatable bonds is 5. The molecule has 0 spiro atoms. The average Bonchev–Trinajstić information content (AvgIpc) is 2.72. The highest BCUT2D eigenvalue weighted by Gasteiger charge is 2.20. The lowest BCUT2D eigenvalue weighted by Gasteiger charge is -2.33. The van der Waals surface area contributed by atoms with E-state index in [-0.39, 0.29) is 0 Å². The van der Waals surface area contributed by atoms with Gasteiger partial charge in [0.15, 0.2) is 11.5 Å². The highest BCUT2D eigenvalue weighted by Crippen LogP contribution is 2.38. The molecule has 2 rings (SSSR count). The van der Waals surface area contributed by atoms with Gasteiger partial charge < -0.3 is 19.0 Å². The molecule has 27 heavy (non-hydrogen) atoms. The number of methoxy groups -OCH3 is 3. The molecule has 1 aliphatic rings. The van der Waals surface area contributed by atoms with Crippen molar-refractivity contribution in [2.45, 2.75) is 72.9 Å². The van der Waals surface area contributed by atoms with Crippen LogP contribution in [0.1, 0.15) is 65.9 Å². The minimum atomic E-state index is 0.642. The molecule has 1 fully saturated rings. The van der Waals surface area contributed by atoms with Crippen molar-refractivity contribution in [2.24, 2.45) is 0 Å². The molecule has 0 radical (unpaired) electrons. The smallest absolute Gasteiger partial charge is 0.203 e. The molecular formula is C22H41NO4. The summed E-state index contributed by atoms with van der Waals surface area (Å²) >= 11 is 0. The highest BCUT2D eigenvalue weighted by atomic mass is 16.5. The summed E-state index contributed by atoms with van der Waals surface area (Å²) in [7, 11) is 4.95. The van der Waals surface area contributed by atoms with Gasteiger partial charge in [-0.15, -0.1) is 0 Å². The molecule has 0 aromatic heterocycles. The Kier molecular flexibility index (Phi) is 18.0. The summed E-state index contributed by atoms with van der Waals surface area (Å²) in [5.74, 6) is 2.11. The van der Waals surface area contributed by atoms with E-state index in [1.165, 1.54) is 31.2 Å². The molecule has 0 bridgehead atoms. The second kappa shape index (κ2) is 17.7. The van der Waals surface area contributed by atoms with E-state index in [2.05, 4.69) is 25.7 Å². The first kappa shape index (κ1) is 27.5. The molecule has 5 heteroatoms. The zero-order valence-electron chi connectivity index (χ0n) is 18.8. The van der Waals surface area contributed by atoms with Gasteiger partial charge in [0.05, 0.1) is 21.3 Å². The molecule has 1 aromatic rings. The second-order valence-corrected chi connectivity index (χ2v) is 6.06. The topological polar surface area (TPSA) is 48.0 Å². The maximum atomic E-state index is 8.00. The number of carbonyl (C=O) groups excluding carboxylic acids is 1. The van der Waals surface area contributed by atoms with Crippen LogP contribution in [0.25, 0.3) is 0 Å². The van der Waals surface area contributed by atoms with Crippen molar-refractivity contribution in [3.05, 3.63) is 17.7 Å². The van der Waals surface area contributed by atoms with Gasteiger partial charge in [-0.05, 0) is 44.0 Å². The molecule has 1 unspecified atom stereocenters. The lowest BCUT2D eigenvalue weighted by molar-refractivity contribution is -0.0979. The summed E-state index contributed by atoms with van der Waals surface area (Å²) < 4.78 is 16.2. The summed E-state index contributed by atoms with van der Waals surface area (Å²) in [4.78, 5) is 10.5. The number of hydrogen-bond donors (Lipinski definition) is 0. The Bertz CT molecular complexity index is 454. The van der Waals surface area contributed by atoms with Crippen LogP contribution in [0.5, 0.6) is 17.2 Å². The first-order valence-electron chi connectivity index (χ1n) is 9.92. The first-order chi connectivity index (χ1) is 13.1. The minimum absolute atomic E-state index is 0.642. The number of likely N-dealkylation sites (tertiary alicyclic amines) is 1. The zero-order chi connectivity index (χ0) is 21.2. The normalized spacial score (nSPS) is 15.6. The van der Waals surface area contributed by atoms with E-state index < -0.39 is 0 Å². The molecule has 5 nitrogen and oxygen atoms in total. The SMILES string of the molecule is C=O.CC.CCC.COc1cc(CN2CCCCC2C)cc(OC)c1OC. The Morgan fingerprint density at radius 3 is 1.85 bits per heavy atom. The largest absolute Gasteiger partial charge is 0.493 e. The van der Waals surface area contributed by atoms with Crippen molar-refractivity contribution in [3.63, 3.8) is 0 Å². The van der Waals surface area contributed by atoms with Crippen molar-refractivity contribution in [1.82, 2.24) is 4.90 Å². The standard InChI is InChI=1S/C16H25NO3.C3H8.C2H6.CH2O/c1-12-7-5-6-8-17(12)11-13-9-14(18-2)16(20-4)15(10-13)19-3;1-3-2;2*1-2/h9-10,12H,5-8,11H2,1-4H3;3H2,1-2H3;1-2H3;1H2. The molecular weight excluding hydrogens is 342 g/mol. The summed E-state index contributed by atoms with van der Waals surface area (Å²) in [6.45, 7) is 14.6. The van der Waals surface area contributed by atoms with E-state index in [0.29, 0.717) is 11.8 Å². The van der Waals surface area contributed by atoms with E-state index in [1.54, 1.807) is 21.3 Å². The molecule has 1 saturated heterocycles. The van der Waals surface area contributed by atoms with Gasteiger partial charge in [0.25, 0.3) is 0 Å². The van der Waals surface area contributed by atoms with Crippen LogP contribution in [0.15, 0.2) is 12.1 Å². The quantitative estimate of drug-likeness (QED) is 0.686. The van der Waals surface area contributed by atoms with Crippen molar-refractivity contribution in [3.8, 4) is 17.2 Å². The highest BCUT2D eigenvalue weighted by molar-refractivity contribution is 5.53. The fraction of sp³-hybridized carbons (Fsp3) is 0.682. The fourth-order valence-electron chi connectivity index (χ4n) is 2.85. The van der Waals surface area contributed by atoms with Crippen LogP contribution in [0.3, 0.4) is 0 Å². The maximum absolute atomic E-state index is 8.00. The Balaban J connectivity index is 0. The van der Waals surface area contributed by atoms with Crippen LogP contribution >= 0.6 is 0 Å². The van der Waals surface area contributed by atoms with E-state index >= 15 is 0 Å². The van der Waals surface area contributed by atoms with Gasteiger partial charge in [-0.3, -0.25) is 4.90 Å².